The van der Waals surface area contributed by atoms with Crippen molar-refractivity contribution in [2.75, 3.05) is 6.54 Å². The van der Waals surface area contributed by atoms with Gasteiger partial charge in [-0.15, -0.1) is 0 Å². The zero-order chi connectivity index (χ0) is 15.4. The van der Waals surface area contributed by atoms with E-state index in [0.29, 0.717) is 0 Å². The number of halogens is 1. The van der Waals surface area contributed by atoms with E-state index < -0.39 is 0 Å². The molecule has 2 aromatic rings. The van der Waals surface area contributed by atoms with Crippen LogP contribution in [0, 0.1) is 13.8 Å². The van der Waals surface area contributed by atoms with Crippen molar-refractivity contribution in [2.45, 2.75) is 46.7 Å². The van der Waals surface area contributed by atoms with Crippen LogP contribution >= 0.6 is 11.6 Å². The summed E-state index contributed by atoms with van der Waals surface area (Å²) in [5.74, 6) is 0. The lowest BCUT2D eigenvalue weighted by atomic mass is 10.0. The van der Waals surface area contributed by atoms with Gasteiger partial charge in [0.2, 0.25) is 0 Å². The molecule has 0 aromatic carbocycles. The molecule has 0 radical (unpaired) electrons. The fraction of sp³-hybridized carbons (Fsp3) is 0.500. The molecule has 21 heavy (non-hydrogen) atoms. The quantitative estimate of drug-likeness (QED) is 0.888. The molecule has 0 bridgehead atoms. The summed E-state index contributed by atoms with van der Waals surface area (Å²) in [6.45, 7) is 9.93. The Bertz CT molecular complexity index is 606. The number of nitrogens with zero attached hydrogens (tertiary/aromatic N) is 3. The van der Waals surface area contributed by atoms with Crippen LogP contribution in [0.5, 0.6) is 0 Å². The summed E-state index contributed by atoms with van der Waals surface area (Å²) in [4.78, 5) is 4.40. The molecule has 4 nitrogen and oxygen atoms in total. The number of hydrogen-bond acceptors (Lipinski definition) is 3. The predicted molar refractivity (Wildman–Crippen MR) is 86.7 cm³/mol. The van der Waals surface area contributed by atoms with Gasteiger partial charge in [0, 0.05) is 30.9 Å². The van der Waals surface area contributed by atoms with Crippen molar-refractivity contribution in [3.8, 4) is 0 Å². The van der Waals surface area contributed by atoms with Gasteiger partial charge in [0.1, 0.15) is 0 Å². The van der Waals surface area contributed by atoms with Crippen LogP contribution in [0.1, 0.15) is 42.5 Å². The summed E-state index contributed by atoms with van der Waals surface area (Å²) in [5.41, 5.74) is 4.26. The van der Waals surface area contributed by atoms with Gasteiger partial charge in [0.05, 0.1) is 16.4 Å². The Balaban J connectivity index is 2.35. The monoisotopic (exact) mass is 306 g/mol. The molecular formula is C16H23ClN4. The van der Waals surface area contributed by atoms with Gasteiger partial charge >= 0.3 is 0 Å². The van der Waals surface area contributed by atoms with E-state index in [0.717, 1.165) is 41.6 Å². The molecule has 0 spiro atoms. The molecule has 0 aliphatic rings. The summed E-state index contributed by atoms with van der Waals surface area (Å²) in [7, 11) is 0. The van der Waals surface area contributed by atoms with Crippen molar-refractivity contribution in [3.05, 3.63) is 46.0 Å². The molecule has 2 rings (SSSR count). The number of aromatic nitrogens is 3. The van der Waals surface area contributed by atoms with E-state index in [9.17, 15) is 0 Å². The van der Waals surface area contributed by atoms with Crippen LogP contribution in [0.2, 0.25) is 5.02 Å². The highest BCUT2D eigenvalue weighted by Crippen LogP contribution is 2.27. The van der Waals surface area contributed by atoms with E-state index >= 15 is 0 Å². The first-order valence-electron chi connectivity index (χ1n) is 7.45. The lowest BCUT2D eigenvalue weighted by molar-refractivity contribution is 0.513. The lowest BCUT2D eigenvalue weighted by Gasteiger charge is -2.20. The Hall–Kier alpha value is -1.39. The largest absolute Gasteiger partial charge is 0.310 e. The zero-order valence-corrected chi connectivity index (χ0v) is 13.9. The molecule has 0 saturated carbocycles. The predicted octanol–water partition coefficient (Wildman–Crippen LogP) is 3.46. The number of nitrogens with one attached hydrogen (secondary N) is 1. The van der Waals surface area contributed by atoms with Crippen LogP contribution in [-0.2, 0) is 13.0 Å². The van der Waals surface area contributed by atoms with Crippen LogP contribution in [0.25, 0.3) is 0 Å². The van der Waals surface area contributed by atoms with Gasteiger partial charge in [-0.1, -0.05) is 24.6 Å². The van der Waals surface area contributed by atoms with Crippen molar-refractivity contribution >= 4 is 11.6 Å². The Labute approximate surface area is 131 Å². The summed E-state index contributed by atoms with van der Waals surface area (Å²) in [5, 5.41) is 8.81. The van der Waals surface area contributed by atoms with Gasteiger partial charge in [0.25, 0.3) is 0 Å². The van der Waals surface area contributed by atoms with E-state index in [1.54, 1.807) is 0 Å². The van der Waals surface area contributed by atoms with Gasteiger partial charge in [-0.3, -0.25) is 9.67 Å². The number of aryl methyl sites for hydroxylation is 3. The van der Waals surface area contributed by atoms with E-state index in [-0.39, 0.29) is 6.04 Å². The molecule has 1 unspecified atom stereocenters. The highest BCUT2D eigenvalue weighted by atomic mass is 35.5. The van der Waals surface area contributed by atoms with E-state index in [1.165, 1.54) is 5.56 Å². The highest BCUT2D eigenvalue weighted by Gasteiger charge is 2.20. The minimum absolute atomic E-state index is 0.197. The molecule has 0 fully saturated rings. The Morgan fingerprint density at radius 3 is 2.67 bits per heavy atom. The first-order chi connectivity index (χ1) is 10.1. The van der Waals surface area contributed by atoms with Gasteiger partial charge in [-0.05, 0) is 38.9 Å². The van der Waals surface area contributed by atoms with E-state index in [4.69, 9.17) is 11.6 Å². The molecule has 0 amide bonds. The van der Waals surface area contributed by atoms with Crippen LogP contribution in [-0.4, -0.2) is 21.3 Å². The van der Waals surface area contributed by atoms with E-state index in [1.807, 2.05) is 30.8 Å². The molecule has 114 valence electrons. The molecule has 0 aliphatic carbocycles. The smallest absolute Gasteiger partial charge is 0.0847 e. The van der Waals surface area contributed by atoms with Crippen LogP contribution in [0.4, 0.5) is 0 Å². The third-order valence-electron chi connectivity index (χ3n) is 3.72. The maximum absolute atomic E-state index is 6.44. The van der Waals surface area contributed by atoms with Crippen molar-refractivity contribution in [1.29, 1.82) is 0 Å². The standard InChI is InChI=1S/C16H23ClN4/c1-5-18-14(13-8-7-9-19-11(13)3)10-15-16(17)12(4)20-21(15)6-2/h7-9,14,18H,5-6,10H2,1-4H3. The molecule has 2 heterocycles. The number of hydrogen-bond donors (Lipinski definition) is 1. The maximum Gasteiger partial charge on any atom is 0.0847 e. The van der Waals surface area contributed by atoms with Crippen LogP contribution < -0.4 is 5.32 Å². The zero-order valence-electron chi connectivity index (χ0n) is 13.2. The minimum Gasteiger partial charge on any atom is -0.310 e. The second-order valence-electron chi connectivity index (χ2n) is 5.15. The first-order valence-corrected chi connectivity index (χ1v) is 7.82. The van der Waals surface area contributed by atoms with Crippen molar-refractivity contribution in [3.63, 3.8) is 0 Å². The maximum atomic E-state index is 6.44. The van der Waals surface area contributed by atoms with Gasteiger partial charge < -0.3 is 5.32 Å². The summed E-state index contributed by atoms with van der Waals surface area (Å²) < 4.78 is 1.99. The van der Waals surface area contributed by atoms with Crippen molar-refractivity contribution < 1.29 is 0 Å². The second kappa shape index (κ2) is 7.05. The molecule has 1 atom stereocenters. The molecule has 0 saturated heterocycles. The van der Waals surface area contributed by atoms with Crippen molar-refractivity contribution in [2.24, 2.45) is 0 Å². The lowest BCUT2D eigenvalue weighted by Crippen LogP contribution is -2.25. The Morgan fingerprint density at radius 1 is 1.29 bits per heavy atom. The fourth-order valence-corrected chi connectivity index (χ4v) is 2.87. The first kappa shape index (κ1) is 16.0. The van der Waals surface area contributed by atoms with Gasteiger partial charge in [-0.2, -0.15) is 5.10 Å². The normalized spacial score (nSPS) is 12.6. The third-order valence-corrected chi connectivity index (χ3v) is 4.22. The topological polar surface area (TPSA) is 42.7 Å². The SMILES string of the molecule is CCNC(Cc1c(Cl)c(C)nn1CC)c1cccnc1C. The highest BCUT2D eigenvalue weighted by molar-refractivity contribution is 6.31. The number of likely N-dealkylation sites (N-methyl/N-ethyl adjacent to an activating group) is 1. The van der Waals surface area contributed by atoms with Gasteiger partial charge in [0.15, 0.2) is 0 Å². The minimum atomic E-state index is 0.197. The average Bonchev–Trinajstić information content (AvgIpc) is 2.75. The molecule has 2 aromatic heterocycles. The van der Waals surface area contributed by atoms with Crippen LogP contribution in [0.15, 0.2) is 18.3 Å². The third kappa shape index (κ3) is 3.44. The Kier molecular flexibility index (Phi) is 5.37. The van der Waals surface area contributed by atoms with Crippen molar-refractivity contribution in [1.82, 2.24) is 20.1 Å². The number of rotatable bonds is 6. The second-order valence-corrected chi connectivity index (χ2v) is 5.53. The van der Waals surface area contributed by atoms with Crippen LogP contribution in [0.3, 0.4) is 0 Å². The summed E-state index contributed by atoms with van der Waals surface area (Å²) in [6, 6.07) is 4.31. The molecule has 0 aliphatic heterocycles. The summed E-state index contributed by atoms with van der Waals surface area (Å²) >= 11 is 6.44. The molecule has 5 heteroatoms. The number of pyridine rings is 1. The molecule has 1 N–H and O–H groups in total. The average molecular weight is 307 g/mol. The Morgan fingerprint density at radius 2 is 2.05 bits per heavy atom. The van der Waals surface area contributed by atoms with E-state index in [2.05, 4.69) is 35.3 Å². The fourth-order valence-electron chi connectivity index (χ4n) is 2.66. The van der Waals surface area contributed by atoms with Gasteiger partial charge in [-0.25, -0.2) is 0 Å². The molecular weight excluding hydrogens is 284 g/mol. The summed E-state index contributed by atoms with van der Waals surface area (Å²) in [6.07, 6.45) is 2.64.